The standard InChI is InChI=1S/C9H15NO8/c1-9(15)4(18-8(10)14)3(11)7(16-2)17-5(9)6(12)13/h3-5,7,11,15H,1-2H3,(H2,10,14)(H,12,13)/t3-,4-,5-,7+,9+/m1/s1. The fourth-order valence-electron chi connectivity index (χ4n) is 1.81. The number of carboxylic acids is 1. The molecule has 1 rings (SSSR count). The van der Waals surface area contributed by atoms with E-state index in [1.807, 2.05) is 0 Å². The van der Waals surface area contributed by atoms with E-state index in [1.165, 1.54) is 0 Å². The van der Waals surface area contributed by atoms with E-state index in [9.17, 15) is 19.8 Å². The maximum Gasteiger partial charge on any atom is 0.404 e. The van der Waals surface area contributed by atoms with Gasteiger partial charge in [-0.15, -0.1) is 0 Å². The summed E-state index contributed by atoms with van der Waals surface area (Å²) in [6, 6.07) is 0. The molecule has 5 atom stereocenters. The molecule has 9 heteroatoms. The molecule has 0 aromatic carbocycles. The number of nitrogens with two attached hydrogens (primary N) is 1. The molecule has 0 radical (unpaired) electrons. The highest BCUT2D eigenvalue weighted by Crippen LogP contribution is 2.32. The second-order valence-corrected chi connectivity index (χ2v) is 4.03. The Morgan fingerprint density at radius 3 is 2.39 bits per heavy atom. The van der Waals surface area contributed by atoms with E-state index in [0.29, 0.717) is 0 Å². The molecule has 1 aliphatic rings. The van der Waals surface area contributed by atoms with Crippen molar-refractivity contribution in [3.63, 3.8) is 0 Å². The first kappa shape index (κ1) is 14.6. The van der Waals surface area contributed by atoms with E-state index in [-0.39, 0.29) is 0 Å². The SMILES string of the molecule is CO[C@H]1O[C@H](C(=O)O)[C@@](C)(O)[C@H](OC(N)=O)[C@H]1O. The smallest absolute Gasteiger partial charge is 0.404 e. The number of amides is 1. The number of hydrogen-bond donors (Lipinski definition) is 4. The normalized spacial score (nSPS) is 40.2. The minimum absolute atomic E-state index is 1.05. The number of aliphatic hydroxyl groups excluding tert-OH is 1. The Kier molecular flexibility index (Phi) is 4.12. The van der Waals surface area contributed by atoms with E-state index in [0.717, 1.165) is 14.0 Å². The summed E-state index contributed by atoms with van der Waals surface area (Å²) in [5, 5.41) is 28.8. The van der Waals surface area contributed by atoms with E-state index in [4.69, 9.17) is 20.3 Å². The van der Waals surface area contributed by atoms with Gasteiger partial charge in [-0.1, -0.05) is 0 Å². The summed E-state index contributed by atoms with van der Waals surface area (Å²) in [7, 11) is 1.16. The van der Waals surface area contributed by atoms with Crippen LogP contribution in [0.25, 0.3) is 0 Å². The van der Waals surface area contributed by atoms with Gasteiger partial charge in [-0.3, -0.25) is 0 Å². The summed E-state index contributed by atoms with van der Waals surface area (Å²) in [4.78, 5) is 21.7. The zero-order valence-electron chi connectivity index (χ0n) is 9.77. The molecule has 1 fully saturated rings. The van der Waals surface area contributed by atoms with Crippen LogP contribution in [0.1, 0.15) is 6.92 Å². The molecule has 9 nitrogen and oxygen atoms in total. The number of carbonyl (C=O) groups excluding carboxylic acids is 1. The molecular formula is C9H15NO8. The minimum atomic E-state index is -2.16. The molecule has 0 aliphatic carbocycles. The van der Waals surface area contributed by atoms with Crippen molar-refractivity contribution in [1.29, 1.82) is 0 Å². The Morgan fingerprint density at radius 1 is 1.44 bits per heavy atom. The van der Waals surface area contributed by atoms with Crippen molar-refractivity contribution in [3.05, 3.63) is 0 Å². The molecule has 0 spiro atoms. The van der Waals surface area contributed by atoms with Gasteiger partial charge in [0, 0.05) is 7.11 Å². The van der Waals surface area contributed by atoms with Gasteiger partial charge in [0.25, 0.3) is 0 Å². The number of primary amides is 1. The summed E-state index contributed by atoms with van der Waals surface area (Å²) in [5.74, 6) is -1.49. The topological polar surface area (TPSA) is 149 Å². The minimum Gasteiger partial charge on any atom is -0.479 e. The molecule has 0 aromatic heterocycles. The maximum absolute atomic E-state index is 11.0. The summed E-state index contributed by atoms with van der Waals surface area (Å²) in [6.45, 7) is 1.05. The van der Waals surface area contributed by atoms with Crippen LogP contribution in [0.3, 0.4) is 0 Å². The van der Waals surface area contributed by atoms with Gasteiger partial charge in [-0.05, 0) is 6.92 Å². The van der Waals surface area contributed by atoms with Crippen LogP contribution in [0.15, 0.2) is 0 Å². The highest BCUT2D eigenvalue weighted by Gasteiger charge is 2.57. The zero-order valence-corrected chi connectivity index (χ0v) is 9.77. The molecule has 1 amide bonds. The van der Waals surface area contributed by atoms with Crippen molar-refractivity contribution in [1.82, 2.24) is 0 Å². The molecule has 5 N–H and O–H groups in total. The number of aliphatic carboxylic acids is 1. The van der Waals surface area contributed by atoms with E-state index >= 15 is 0 Å². The van der Waals surface area contributed by atoms with Crippen LogP contribution in [0, 0.1) is 0 Å². The van der Waals surface area contributed by atoms with Gasteiger partial charge < -0.3 is 35.3 Å². The average molecular weight is 265 g/mol. The molecule has 104 valence electrons. The number of ether oxygens (including phenoxy) is 3. The van der Waals surface area contributed by atoms with Crippen molar-refractivity contribution >= 4 is 12.1 Å². The molecular weight excluding hydrogens is 250 g/mol. The van der Waals surface area contributed by atoms with Crippen LogP contribution in [0.4, 0.5) is 4.79 Å². The Hall–Kier alpha value is -1.42. The second kappa shape index (κ2) is 5.06. The summed E-state index contributed by atoms with van der Waals surface area (Å²) < 4.78 is 14.1. The number of methoxy groups -OCH3 is 1. The van der Waals surface area contributed by atoms with Crippen molar-refractivity contribution in [2.45, 2.75) is 37.1 Å². The first-order chi connectivity index (χ1) is 8.21. The Labute approximate surface area is 102 Å². The van der Waals surface area contributed by atoms with Crippen LogP contribution in [0.2, 0.25) is 0 Å². The van der Waals surface area contributed by atoms with Gasteiger partial charge in [-0.25, -0.2) is 9.59 Å². The van der Waals surface area contributed by atoms with E-state index in [1.54, 1.807) is 0 Å². The Bertz CT molecular complexity index is 343. The van der Waals surface area contributed by atoms with Gasteiger partial charge >= 0.3 is 12.1 Å². The predicted octanol–water partition coefficient (Wildman–Crippen LogP) is -1.98. The third kappa shape index (κ3) is 2.53. The Morgan fingerprint density at radius 2 is 2.00 bits per heavy atom. The average Bonchev–Trinajstić information content (AvgIpc) is 2.23. The number of hydrogen-bond acceptors (Lipinski definition) is 7. The molecule has 18 heavy (non-hydrogen) atoms. The maximum atomic E-state index is 11.0. The van der Waals surface area contributed by atoms with Gasteiger partial charge in [0.2, 0.25) is 0 Å². The molecule has 0 saturated carbocycles. The van der Waals surface area contributed by atoms with Crippen LogP contribution < -0.4 is 5.73 Å². The molecule has 0 aromatic rings. The largest absolute Gasteiger partial charge is 0.479 e. The number of carboxylic acid groups (broad SMARTS) is 1. The van der Waals surface area contributed by atoms with Crippen molar-refractivity contribution in [2.75, 3.05) is 7.11 Å². The van der Waals surface area contributed by atoms with Crippen molar-refractivity contribution < 1.29 is 39.1 Å². The monoisotopic (exact) mass is 265 g/mol. The lowest BCUT2D eigenvalue weighted by Gasteiger charge is -2.45. The summed E-state index contributed by atoms with van der Waals surface area (Å²) in [5.41, 5.74) is 2.65. The summed E-state index contributed by atoms with van der Waals surface area (Å²) >= 11 is 0. The van der Waals surface area contributed by atoms with Gasteiger partial charge in [0.05, 0.1) is 0 Å². The van der Waals surface area contributed by atoms with Gasteiger partial charge in [0.15, 0.2) is 18.5 Å². The first-order valence-corrected chi connectivity index (χ1v) is 4.99. The Balaban J connectivity index is 3.07. The second-order valence-electron chi connectivity index (χ2n) is 4.03. The molecule has 1 heterocycles. The fourth-order valence-corrected chi connectivity index (χ4v) is 1.81. The third-order valence-corrected chi connectivity index (χ3v) is 2.67. The first-order valence-electron chi connectivity index (χ1n) is 4.99. The lowest BCUT2D eigenvalue weighted by molar-refractivity contribution is -0.312. The number of rotatable bonds is 3. The molecule has 1 aliphatic heterocycles. The molecule has 1 saturated heterocycles. The number of carbonyl (C=O) groups is 2. The van der Waals surface area contributed by atoms with Crippen molar-refractivity contribution in [3.8, 4) is 0 Å². The predicted molar refractivity (Wildman–Crippen MR) is 54.4 cm³/mol. The highest BCUT2D eigenvalue weighted by molar-refractivity contribution is 5.74. The van der Waals surface area contributed by atoms with E-state index in [2.05, 4.69) is 4.74 Å². The quantitative estimate of drug-likeness (QED) is 0.458. The lowest BCUT2D eigenvalue weighted by Crippen LogP contribution is -2.68. The summed E-state index contributed by atoms with van der Waals surface area (Å²) in [6.07, 6.45) is -7.53. The van der Waals surface area contributed by atoms with E-state index < -0.39 is 42.3 Å². The fraction of sp³-hybridized carbons (Fsp3) is 0.778. The van der Waals surface area contributed by atoms with Crippen LogP contribution in [-0.4, -0.2) is 64.7 Å². The third-order valence-electron chi connectivity index (χ3n) is 2.67. The van der Waals surface area contributed by atoms with Crippen LogP contribution in [0.5, 0.6) is 0 Å². The van der Waals surface area contributed by atoms with Crippen LogP contribution >= 0.6 is 0 Å². The van der Waals surface area contributed by atoms with Crippen LogP contribution in [-0.2, 0) is 19.0 Å². The molecule has 0 unspecified atom stereocenters. The number of aliphatic hydroxyl groups is 2. The molecule has 0 bridgehead atoms. The highest BCUT2D eigenvalue weighted by atomic mass is 16.7. The van der Waals surface area contributed by atoms with Gasteiger partial charge in [0.1, 0.15) is 11.7 Å². The van der Waals surface area contributed by atoms with Gasteiger partial charge in [-0.2, -0.15) is 0 Å². The van der Waals surface area contributed by atoms with Crippen molar-refractivity contribution in [2.24, 2.45) is 5.73 Å². The lowest BCUT2D eigenvalue weighted by atomic mass is 9.85. The zero-order chi connectivity index (χ0) is 14.1.